The highest BCUT2D eigenvalue weighted by Crippen LogP contribution is 2.17. The molecule has 0 bridgehead atoms. The number of furan rings is 1. The van der Waals surface area contributed by atoms with Gasteiger partial charge in [0.15, 0.2) is 0 Å². The number of hydrogen-bond donors (Lipinski definition) is 1. The molecule has 0 saturated heterocycles. The molecule has 0 aliphatic carbocycles. The number of hydrogen-bond acceptors (Lipinski definition) is 4. The van der Waals surface area contributed by atoms with Gasteiger partial charge in [-0.15, -0.1) is 11.3 Å². The smallest absolute Gasteiger partial charge is 0.120 e. The van der Waals surface area contributed by atoms with E-state index in [1.54, 1.807) is 11.3 Å². The summed E-state index contributed by atoms with van der Waals surface area (Å²) in [5.74, 6) is 2.08. The van der Waals surface area contributed by atoms with Gasteiger partial charge in [-0.2, -0.15) is 0 Å². The average Bonchev–Trinajstić information content (AvgIpc) is 2.90. The van der Waals surface area contributed by atoms with Crippen LogP contribution in [0.25, 0.3) is 0 Å². The summed E-state index contributed by atoms with van der Waals surface area (Å²) in [6, 6.07) is 6.40. The lowest BCUT2D eigenvalue weighted by Crippen LogP contribution is -2.16. The lowest BCUT2D eigenvalue weighted by molar-refractivity contribution is 0.285. The second-order valence-corrected chi connectivity index (χ2v) is 5.63. The van der Waals surface area contributed by atoms with Crippen LogP contribution in [-0.2, 0) is 19.6 Å². The van der Waals surface area contributed by atoms with Crippen molar-refractivity contribution in [2.24, 2.45) is 0 Å². The second kappa shape index (κ2) is 6.18. The molecule has 98 valence electrons. The van der Waals surface area contributed by atoms with E-state index in [0.717, 1.165) is 31.2 Å². The Balaban J connectivity index is 1.94. The van der Waals surface area contributed by atoms with Crippen LogP contribution in [0.1, 0.15) is 22.0 Å². The fourth-order valence-electron chi connectivity index (χ4n) is 1.99. The molecule has 0 amide bonds. The van der Waals surface area contributed by atoms with Gasteiger partial charge in [0.2, 0.25) is 0 Å². The summed E-state index contributed by atoms with van der Waals surface area (Å²) in [7, 11) is 4.06. The van der Waals surface area contributed by atoms with Crippen molar-refractivity contribution in [3.63, 3.8) is 0 Å². The van der Waals surface area contributed by atoms with Gasteiger partial charge in [0.1, 0.15) is 11.5 Å². The Morgan fingerprint density at radius 3 is 2.89 bits per heavy atom. The van der Waals surface area contributed by atoms with Crippen LogP contribution in [0.2, 0.25) is 0 Å². The zero-order valence-corrected chi connectivity index (χ0v) is 12.0. The molecule has 4 heteroatoms. The van der Waals surface area contributed by atoms with Crippen LogP contribution in [0, 0.1) is 6.92 Å². The molecule has 0 atom stereocenters. The zero-order chi connectivity index (χ0) is 13.0. The third kappa shape index (κ3) is 3.45. The third-order valence-corrected chi connectivity index (χ3v) is 3.70. The average molecular weight is 264 g/mol. The van der Waals surface area contributed by atoms with Gasteiger partial charge >= 0.3 is 0 Å². The van der Waals surface area contributed by atoms with Crippen molar-refractivity contribution in [2.45, 2.75) is 26.6 Å². The van der Waals surface area contributed by atoms with Gasteiger partial charge in [-0.05, 0) is 44.1 Å². The quantitative estimate of drug-likeness (QED) is 0.869. The van der Waals surface area contributed by atoms with E-state index in [0.29, 0.717) is 0 Å². The molecule has 2 aromatic heterocycles. The van der Waals surface area contributed by atoms with Crippen LogP contribution in [0.15, 0.2) is 28.0 Å². The summed E-state index contributed by atoms with van der Waals surface area (Å²) >= 11 is 1.80. The molecule has 3 nitrogen and oxygen atoms in total. The number of aryl methyl sites for hydroxylation is 1. The molecule has 0 aliphatic rings. The minimum Gasteiger partial charge on any atom is -0.463 e. The number of nitrogens with one attached hydrogen (secondary N) is 1. The number of nitrogens with zero attached hydrogens (tertiary/aromatic N) is 1. The van der Waals surface area contributed by atoms with Gasteiger partial charge in [-0.3, -0.25) is 4.90 Å². The Kier molecular flexibility index (Phi) is 4.58. The maximum absolute atomic E-state index is 5.84. The lowest BCUT2D eigenvalue weighted by Gasteiger charge is -2.13. The highest BCUT2D eigenvalue weighted by atomic mass is 32.1. The highest BCUT2D eigenvalue weighted by molar-refractivity contribution is 7.09. The van der Waals surface area contributed by atoms with Crippen molar-refractivity contribution < 1.29 is 4.42 Å². The maximum Gasteiger partial charge on any atom is 0.120 e. The fourth-order valence-corrected chi connectivity index (χ4v) is 2.78. The molecular weight excluding hydrogens is 244 g/mol. The van der Waals surface area contributed by atoms with E-state index < -0.39 is 0 Å². The molecule has 0 aliphatic heterocycles. The normalized spacial score (nSPS) is 11.3. The van der Waals surface area contributed by atoms with Crippen molar-refractivity contribution in [3.05, 3.63) is 45.5 Å². The van der Waals surface area contributed by atoms with Crippen LogP contribution in [0.5, 0.6) is 0 Å². The molecule has 1 N–H and O–H groups in total. The van der Waals surface area contributed by atoms with E-state index in [1.807, 2.05) is 7.05 Å². The van der Waals surface area contributed by atoms with Crippen molar-refractivity contribution in [3.8, 4) is 0 Å². The fraction of sp³-hybridized carbons (Fsp3) is 0.429. The standard InChI is InChI=1S/C14H20N2OS/c1-11-7-12(17-14(11)8-15-2)9-16(3)10-13-5-4-6-18-13/h4-7,15H,8-10H2,1-3H3. The van der Waals surface area contributed by atoms with Crippen molar-refractivity contribution >= 4 is 11.3 Å². The van der Waals surface area contributed by atoms with Gasteiger partial charge < -0.3 is 9.73 Å². The summed E-state index contributed by atoms with van der Waals surface area (Å²) in [6.07, 6.45) is 0. The topological polar surface area (TPSA) is 28.4 Å². The summed E-state index contributed by atoms with van der Waals surface area (Å²) in [6.45, 7) is 4.71. The second-order valence-electron chi connectivity index (χ2n) is 4.60. The molecule has 0 unspecified atom stereocenters. The van der Waals surface area contributed by atoms with Crippen LogP contribution in [-0.4, -0.2) is 19.0 Å². The first-order valence-electron chi connectivity index (χ1n) is 6.12. The first-order chi connectivity index (χ1) is 8.69. The molecule has 0 saturated carbocycles. The molecule has 2 heterocycles. The van der Waals surface area contributed by atoms with Crippen LogP contribution in [0.3, 0.4) is 0 Å². The molecule has 0 spiro atoms. The summed E-state index contributed by atoms with van der Waals surface area (Å²) < 4.78 is 5.84. The van der Waals surface area contributed by atoms with Crippen LogP contribution >= 0.6 is 11.3 Å². The van der Waals surface area contributed by atoms with Crippen LogP contribution in [0.4, 0.5) is 0 Å². The summed E-state index contributed by atoms with van der Waals surface area (Å²) in [5, 5.41) is 5.24. The Morgan fingerprint density at radius 1 is 1.39 bits per heavy atom. The highest BCUT2D eigenvalue weighted by Gasteiger charge is 2.09. The zero-order valence-electron chi connectivity index (χ0n) is 11.2. The van der Waals surface area contributed by atoms with Crippen LogP contribution < -0.4 is 5.32 Å². The van der Waals surface area contributed by atoms with E-state index in [1.165, 1.54) is 10.4 Å². The summed E-state index contributed by atoms with van der Waals surface area (Å²) in [5.41, 5.74) is 1.23. The molecule has 0 radical (unpaired) electrons. The first-order valence-corrected chi connectivity index (χ1v) is 7.00. The Morgan fingerprint density at radius 2 is 2.22 bits per heavy atom. The molecule has 2 rings (SSSR count). The SMILES string of the molecule is CNCc1oc(CN(C)Cc2cccs2)cc1C. The number of rotatable bonds is 6. The Bertz CT molecular complexity index is 476. The van der Waals surface area contributed by atoms with Crippen molar-refractivity contribution in [1.29, 1.82) is 0 Å². The van der Waals surface area contributed by atoms with E-state index in [9.17, 15) is 0 Å². The van der Waals surface area contributed by atoms with E-state index in [4.69, 9.17) is 4.42 Å². The monoisotopic (exact) mass is 264 g/mol. The Hall–Kier alpha value is -1.10. The largest absolute Gasteiger partial charge is 0.463 e. The third-order valence-electron chi connectivity index (χ3n) is 2.84. The Labute approximate surface area is 112 Å². The molecular formula is C14H20N2OS. The van der Waals surface area contributed by atoms with Crippen molar-refractivity contribution in [2.75, 3.05) is 14.1 Å². The van der Waals surface area contributed by atoms with Gasteiger partial charge in [-0.25, -0.2) is 0 Å². The van der Waals surface area contributed by atoms with Gasteiger partial charge in [0.05, 0.1) is 13.1 Å². The first kappa shape index (κ1) is 13.3. The van der Waals surface area contributed by atoms with Gasteiger partial charge in [-0.1, -0.05) is 6.07 Å². The van der Waals surface area contributed by atoms with Gasteiger partial charge in [0, 0.05) is 11.4 Å². The number of thiophene rings is 1. The predicted molar refractivity (Wildman–Crippen MR) is 75.7 cm³/mol. The molecule has 18 heavy (non-hydrogen) atoms. The van der Waals surface area contributed by atoms with Gasteiger partial charge in [0.25, 0.3) is 0 Å². The lowest BCUT2D eigenvalue weighted by atomic mass is 10.2. The molecule has 0 fully saturated rings. The van der Waals surface area contributed by atoms with Crippen molar-refractivity contribution in [1.82, 2.24) is 10.2 Å². The van der Waals surface area contributed by atoms with E-state index in [2.05, 4.69) is 47.8 Å². The molecule has 0 aromatic carbocycles. The van der Waals surface area contributed by atoms with E-state index in [-0.39, 0.29) is 0 Å². The maximum atomic E-state index is 5.84. The minimum absolute atomic E-state index is 0.792. The summed E-state index contributed by atoms with van der Waals surface area (Å²) in [4.78, 5) is 3.66. The molecule has 2 aromatic rings. The minimum atomic E-state index is 0.792. The van der Waals surface area contributed by atoms with E-state index >= 15 is 0 Å². The predicted octanol–water partition coefficient (Wildman–Crippen LogP) is 3.00.